The molecule has 60 heavy (non-hydrogen) atoms. The molecule has 8 rings (SSSR count). The van der Waals surface area contributed by atoms with Gasteiger partial charge in [-0.25, -0.2) is 9.37 Å². The molecule has 3 amide bonds. The summed E-state index contributed by atoms with van der Waals surface area (Å²) in [7, 11) is 0. The zero-order chi connectivity index (χ0) is 41.9. The van der Waals surface area contributed by atoms with E-state index in [0.29, 0.717) is 46.9 Å². The predicted molar refractivity (Wildman–Crippen MR) is 229 cm³/mol. The van der Waals surface area contributed by atoms with Crippen molar-refractivity contribution in [1.29, 1.82) is 0 Å². The highest BCUT2D eigenvalue weighted by atomic mass is 35.5. The number of imide groups is 1. The van der Waals surface area contributed by atoms with Crippen molar-refractivity contribution < 1.29 is 23.5 Å². The Hall–Kier alpha value is -4.76. The number of anilines is 2. The van der Waals surface area contributed by atoms with Crippen LogP contribution in [0.2, 0.25) is 10.0 Å². The Morgan fingerprint density at radius 1 is 0.967 bits per heavy atom. The quantitative estimate of drug-likeness (QED) is 0.0597. The number of nitrogens with two attached hydrogens (primary N) is 1. The molecular formula is C44H52Cl2FN9O4. The van der Waals surface area contributed by atoms with Crippen LogP contribution in [0.15, 0.2) is 55.0 Å². The predicted octanol–water partition coefficient (Wildman–Crippen LogP) is 7.26. The second-order valence-electron chi connectivity index (χ2n) is 16.5. The first-order valence-electron chi connectivity index (χ1n) is 21.1. The molecule has 318 valence electrons. The minimum atomic E-state index is -0.661. The number of aromatic nitrogens is 3. The lowest BCUT2D eigenvalue weighted by atomic mass is 10.0. The van der Waals surface area contributed by atoms with E-state index in [-0.39, 0.29) is 35.0 Å². The van der Waals surface area contributed by atoms with Crippen molar-refractivity contribution >= 4 is 52.4 Å². The number of nitrogen functional groups attached to an aromatic ring is 1. The summed E-state index contributed by atoms with van der Waals surface area (Å²) < 4.78 is 22.3. The SMILES string of the molecule is CC(Oc1cc(-c2cnn(C3CCN(CCCCCCCN4CC(Nc5cccc6c5CN(C5CCC(=O)NC5=O)C6=O)C4)CC3)c2)cnc1N)c1c(Cl)ccc(F)c1Cl. The van der Waals surface area contributed by atoms with Gasteiger partial charge in [0.1, 0.15) is 18.0 Å². The smallest absolute Gasteiger partial charge is 0.255 e. The van der Waals surface area contributed by atoms with Crippen LogP contribution in [-0.2, 0) is 16.1 Å². The summed E-state index contributed by atoms with van der Waals surface area (Å²) in [4.78, 5) is 48.3. The average Bonchev–Trinajstić information content (AvgIpc) is 3.85. The van der Waals surface area contributed by atoms with E-state index in [2.05, 4.69) is 36.3 Å². The van der Waals surface area contributed by atoms with Gasteiger partial charge < -0.3 is 25.6 Å². The van der Waals surface area contributed by atoms with E-state index in [4.69, 9.17) is 38.8 Å². The van der Waals surface area contributed by atoms with Crippen molar-refractivity contribution in [2.75, 3.05) is 50.3 Å². The highest BCUT2D eigenvalue weighted by Crippen LogP contribution is 2.38. The van der Waals surface area contributed by atoms with Crippen LogP contribution >= 0.6 is 23.2 Å². The lowest BCUT2D eigenvalue weighted by molar-refractivity contribution is -0.136. The Kier molecular flexibility index (Phi) is 12.9. The summed E-state index contributed by atoms with van der Waals surface area (Å²) >= 11 is 12.5. The second-order valence-corrected chi connectivity index (χ2v) is 17.3. The number of carbonyl (C=O) groups excluding carboxylic acids is 3. The lowest BCUT2D eigenvalue weighted by Gasteiger charge is -2.40. The normalized spacial score (nSPS) is 19.6. The maximum Gasteiger partial charge on any atom is 0.255 e. The van der Waals surface area contributed by atoms with Gasteiger partial charge in [0, 0.05) is 90.1 Å². The third kappa shape index (κ3) is 9.26. The second kappa shape index (κ2) is 18.5. The molecule has 6 heterocycles. The molecule has 4 aliphatic rings. The first kappa shape index (κ1) is 42.0. The standard InChI is InChI=1S/C44H52Cl2FN9O4/c1-27(40-34(45)10-11-35(47)41(40)46)60-38-20-28(21-49-42(38)48)29-22-50-56(23-29)31-14-18-53(19-15-31)16-5-3-2-4-6-17-54-24-30(25-54)51-36-9-7-8-32-33(36)26-55(44(32)59)37-12-13-39(57)52-43(37)58/h7-11,20-23,27,30-31,37,51H,2-6,12-19,24-26H2,1H3,(H2,48,49)(H,52,57,58). The molecule has 2 aromatic carbocycles. The number of likely N-dealkylation sites (tertiary alicyclic amines) is 2. The van der Waals surface area contributed by atoms with Crippen LogP contribution in [0.5, 0.6) is 5.75 Å². The van der Waals surface area contributed by atoms with Crippen molar-refractivity contribution in [3.05, 3.63) is 87.5 Å². The minimum Gasteiger partial charge on any atom is -0.482 e. The Labute approximate surface area is 359 Å². The number of fused-ring (bicyclic) bond motifs is 1. The molecule has 4 aliphatic heterocycles. The molecule has 0 radical (unpaired) electrons. The van der Waals surface area contributed by atoms with Crippen molar-refractivity contribution in [2.24, 2.45) is 0 Å². The van der Waals surface area contributed by atoms with Crippen molar-refractivity contribution in [1.82, 2.24) is 34.8 Å². The zero-order valence-electron chi connectivity index (χ0n) is 33.8. The number of piperidine rings is 2. The van der Waals surface area contributed by atoms with E-state index in [1.807, 2.05) is 30.5 Å². The average molecular weight is 861 g/mol. The van der Waals surface area contributed by atoms with Crippen LogP contribution in [0.4, 0.5) is 15.9 Å². The van der Waals surface area contributed by atoms with Crippen molar-refractivity contribution in [3.8, 4) is 16.9 Å². The van der Waals surface area contributed by atoms with Gasteiger partial charge in [-0.15, -0.1) is 0 Å². The first-order chi connectivity index (χ1) is 29.0. The number of hydrogen-bond acceptors (Lipinski definition) is 10. The highest BCUT2D eigenvalue weighted by molar-refractivity contribution is 6.36. The molecule has 3 saturated heterocycles. The van der Waals surface area contributed by atoms with Gasteiger partial charge in [-0.05, 0) is 82.4 Å². The number of benzene rings is 2. The summed E-state index contributed by atoms with van der Waals surface area (Å²) in [5, 5.41) is 11.0. The molecule has 0 saturated carbocycles. The van der Waals surface area contributed by atoms with Crippen LogP contribution < -0.4 is 21.1 Å². The van der Waals surface area contributed by atoms with Crippen LogP contribution in [0.3, 0.4) is 0 Å². The molecule has 2 atom stereocenters. The Balaban J connectivity index is 0.702. The molecular weight excluding hydrogens is 808 g/mol. The summed E-state index contributed by atoms with van der Waals surface area (Å²) in [6.45, 7) is 8.39. The molecule has 2 aromatic heterocycles. The van der Waals surface area contributed by atoms with E-state index in [1.54, 1.807) is 18.0 Å². The first-order valence-corrected chi connectivity index (χ1v) is 21.9. The van der Waals surface area contributed by atoms with Crippen molar-refractivity contribution in [2.45, 2.75) is 95.5 Å². The maximum absolute atomic E-state index is 14.1. The number of rotatable bonds is 16. The fourth-order valence-electron chi connectivity index (χ4n) is 8.95. The number of hydrogen-bond donors (Lipinski definition) is 3. The van der Waals surface area contributed by atoms with E-state index in [0.717, 1.165) is 74.5 Å². The number of halogens is 3. The molecule has 3 fully saturated rings. The zero-order valence-corrected chi connectivity index (χ0v) is 35.4. The Morgan fingerprint density at radius 2 is 1.72 bits per heavy atom. The largest absolute Gasteiger partial charge is 0.482 e. The van der Waals surface area contributed by atoms with E-state index >= 15 is 0 Å². The molecule has 4 aromatic rings. The van der Waals surface area contributed by atoms with E-state index < -0.39 is 18.0 Å². The Morgan fingerprint density at radius 3 is 2.48 bits per heavy atom. The lowest BCUT2D eigenvalue weighted by Crippen LogP contribution is -2.54. The van der Waals surface area contributed by atoms with Crippen LogP contribution in [0, 0.1) is 5.82 Å². The summed E-state index contributed by atoms with van der Waals surface area (Å²) in [5.74, 6) is -0.814. The van der Waals surface area contributed by atoms with E-state index in [9.17, 15) is 18.8 Å². The topological polar surface area (TPSA) is 151 Å². The number of carbonyl (C=O) groups is 3. The summed E-state index contributed by atoms with van der Waals surface area (Å²) in [6, 6.07) is 10.3. The third-order valence-electron chi connectivity index (χ3n) is 12.4. The fraction of sp³-hybridized carbons (Fsp3) is 0.477. The van der Waals surface area contributed by atoms with Gasteiger partial charge in [0.2, 0.25) is 11.8 Å². The number of nitrogens with one attached hydrogen (secondary N) is 2. The summed E-state index contributed by atoms with van der Waals surface area (Å²) in [6.07, 6.45) is 13.7. The molecule has 2 unspecified atom stereocenters. The number of unbranched alkanes of at least 4 members (excludes halogenated alkanes) is 4. The van der Waals surface area contributed by atoms with Gasteiger partial charge >= 0.3 is 0 Å². The van der Waals surface area contributed by atoms with Gasteiger partial charge in [0.25, 0.3) is 5.91 Å². The molecule has 0 aliphatic carbocycles. The number of amides is 3. The maximum atomic E-state index is 14.1. The van der Waals surface area contributed by atoms with Gasteiger partial charge in [0.15, 0.2) is 11.6 Å². The van der Waals surface area contributed by atoms with Crippen LogP contribution in [0.25, 0.3) is 11.1 Å². The Bertz CT molecular complexity index is 2220. The minimum absolute atomic E-state index is 0.0804. The van der Waals surface area contributed by atoms with E-state index in [1.165, 1.54) is 44.2 Å². The van der Waals surface area contributed by atoms with Gasteiger partial charge in [-0.2, -0.15) is 5.10 Å². The van der Waals surface area contributed by atoms with Crippen LogP contribution in [-0.4, -0.2) is 98.5 Å². The molecule has 0 bridgehead atoms. The monoisotopic (exact) mass is 859 g/mol. The van der Waals surface area contributed by atoms with Gasteiger partial charge in [-0.1, -0.05) is 48.5 Å². The number of pyridine rings is 1. The van der Waals surface area contributed by atoms with Crippen LogP contribution in [0.1, 0.15) is 98.3 Å². The fourth-order valence-corrected chi connectivity index (χ4v) is 9.63. The molecule has 4 N–H and O–H groups in total. The number of nitrogens with zero attached hydrogens (tertiary/aromatic N) is 6. The molecule has 0 spiro atoms. The molecule has 16 heteroatoms. The summed E-state index contributed by atoms with van der Waals surface area (Å²) in [5.41, 5.74) is 10.8. The van der Waals surface area contributed by atoms with Crippen molar-refractivity contribution in [3.63, 3.8) is 0 Å². The van der Waals surface area contributed by atoms with Gasteiger partial charge in [0.05, 0.1) is 23.3 Å². The number of ether oxygens (including phenoxy) is 1. The van der Waals surface area contributed by atoms with Gasteiger partial charge in [-0.3, -0.25) is 29.3 Å². The molecule has 13 nitrogen and oxygen atoms in total. The third-order valence-corrected chi connectivity index (χ3v) is 13.1. The highest BCUT2D eigenvalue weighted by Gasteiger charge is 2.40.